The topological polar surface area (TPSA) is 32.3 Å². The van der Waals surface area contributed by atoms with E-state index in [2.05, 4.69) is 52.3 Å². The van der Waals surface area contributed by atoms with Crippen LogP contribution in [0.25, 0.3) is 0 Å². The number of fused-ring (bicyclic) bond motifs is 1. The van der Waals surface area contributed by atoms with Crippen molar-refractivity contribution in [3.63, 3.8) is 0 Å². The highest BCUT2D eigenvalue weighted by Crippen LogP contribution is 2.51. The first-order valence-corrected chi connectivity index (χ1v) is 8.56. The van der Waals surface area contributed by atoms with Crippen LogP contribution in [0, 0.1) is 11.8 Å². The van der Waals surface area contributed by atoms with Gasteiger partial charge in [0.25, 0.3) is 0 Å². The Hall–Kier alpha value is -0.520. The van der Waals surface area contributed by atoms with E-state index in [1.165, 1.54) is 4.90 Å². The van der Waals surface area contributed by atoms with Crippen LogP contribution >= 0.6 is 27.7 Å². The molecule has 3 unspecified atom stereocenters. The van der Waals surface area contributed by atoms with Gasteiger partial charge in [-0.3, -0.25) is 4.79 Å². The van der Waals surface area contributed by atoms with Gasteiger partial charge in [0.1, 0.15) is 4.87 Å². The fraction of sp³-hybridized carbons (Fsp3) is 0.533. The fourth-order valence-electron chi connectivity index (χ4n) is 3.41. The van der Waals surface area contributed by atoms with E-state index in [0.29, 0.717) is 11.8 Å². The molecule has 5 heteroatoms. The van der Waals surface area contributed by atoms with Gasteiger partial charge in [0, 0.05) is 21.8 Å². The van der Waals surface area contributed by atoms with E-state index >= 15 is 0 Å². The smallest absolute Gasteiger partial charge is 0.156 e. The van der Waals surface area contributed by atoms with Gasteiger partial charge in [-0.25, -0.2) is 0 Å². The van der Waals surface area contributed by atoms with Gasteiger partial charge in [0.2, 0.25) is 0 Å². The maximum absolute atomic E-state index is 11.9. The Kier molecular flexibility index (Phi) is 3.86. The highest BCUT2D eigenvalue weighted by atomic mass is 79.9. The van der Waals surface area contributed by atoms with Crippen molar-refractivity contribution in [1.82, 2.24) is 4.90 Å². The number of aldehydes is 1. The molecule has 0 aliphatic carbocycles. The number of nitrogens with zero attached hydrogens (tertiary/aromatic N) is 1. The van der Waals surface area contributed by atoms with Crippen LogP contribution in [0.15, 0.2) is 27.6 Å². The number of halogens is 1. The second-order valence-electron chi connectivity index (χ2n) is 5.91. The lowest BCUT2D eigenvalue weighted by Gasteiger charge is -2.42. The molecule has 0 bridgehead atoms. The Morgan fingerprint density at radius 2 is 2.35 bits per heavy atom. The molecule has 1 aromatic rings. The Bertz CT molecular complexity index is 539. The first-order valence-electron chi connectivity index (χ1n) is 6.96. The van der Waals surface area contributed by atoms with E-state index in [4.69, 9.17) is 0 Å². The lowest BCUT2D eigenvalue weighted by molar-refractivity contribution is -0.111. The number of thioether (sulfide) groups is 1. The number of hydrogen-bond acceptors (Lipinski definition) is 4. The molecule has 2 heterocycles. The summed E-state index contributed by atoms with van der Waals surface area (Å²) in [6.45, 7) is 4.38. The van der Waals surface area contributed by atoms with Gasteiger partial charge in [0.05, 0.1) is 5.69 Å². The largest absolute Gasteiger partial charge is 0.363 e. The van der Waals surface area contributed by atoms with E-state index in [0.717, 1.165) is 36.0 Å². The molecule has 0 saturated carbocycles. The van der Waals surface area contributed by atoms with Crippen molar-refractivity contribution in [2.24, 2.45) is 11.8 Å². The van der Waals surface area contributed by atoms with Crippen LogP contribution in [0.5, 0.6) is 0 Å². The summed E-state index contributed by atoms with van der Waals surface area (Å²) in [6.07, 6.45) is 2.18. The standard InChI is InChI=1S/C15H19BrN2OS/c1-10-8-18(2)6-5-12(10)15(9-19)17-13-7-11(16)3-4-14(13)20-15/h3-4,7,9-10,12,17H,5-6,8H2,1-2H3. The Labute approximate surface area is 132 Å². The molecule has 0 radical (unpaired) electrons. The molecule has 2 aliphatic heterocycles. The molecule has 1 saturated heterocycles. The molecular formula is C15H19BrN2OS. The average molecular weight is 355 g/mol. The first-order chi connectivity index (χ1) is 9.54. The SMILES string of the molecule is CC1CN(C)CCC1C1(C=O)Nc2cc(Br)ccc2S1. The molecule has 20 heavy (non-hydrogen) atoms. The third-order valence-corrected chi connectivity index (χ3v) is 6.29. The summed E-state index contributed by atoms with van der Waals surface area (Å²) < 4.78 is 1.04. The monoisotopic (exact) mass is 354 g/mol. The summed E-state index contributed by atoms with van der Waals surface area (Å²) >= 11 is 5.18. The van der Waals surface area contributed by atoms with Crippen LogP contribution < -0.4 is 5.32 Å². The van der Waals surface area contributed by atoms with E-state index < -0.39 is 4.87 Å². The molecular weight excluding hydrogens is 336 g/mol. The zero-order valence-electron chi connectivity index (χ0n) is 11.7. The van der Waals surface area contributed by atoms with Crippen molar-refractivity contribution in [2.45, 2.75) is 23.1 Å². The van der Waals surface area contributed by atoms with Gasteiger partial charge < -0.3 is 10.2 Å². The first kappa shape index (κ1) is 14.4. The van der Waals surface area contributed by atoms with Gasteiger partial charge >= 0.3 is 0 Å². The molecule has 3 rings (SSSR count). The number of likely N-dealkylation sites (tertiary alicyclic amines) is 1. The Morgan fingerprint density at radius 3 is 3.05 bits per heavy atom. The number of rotatable bonds is 2. The molecule has 0 spiro atoms. The normalized spacial score (nSPS) is 33.5. The molecule has 1 fully saturated rings. The van der Waals surface area contributed by atoms with Crippen LogP contribution in [-0.4, -0.2) is 36.2 Å². The molecule has 0 amide bonds. The summed E-state index contributed by atoms with van der Waals surface area (Å²) in [5.74, 6) is 0.879. The van der Waals surface area contributed by atoms with E-state index in [1.807, 2.05) is 6.07 Å². The van der Waals surface area contributed by atoms with Crippen LogP contribution in [-0.2, 0) is 4.79 Å². The summed E-state index contributed by atoms with van der Waals surface area (Å²) in [6, 6.07) is 6.18. The van der Waals surface area contributed by atoms with E-state index in [1.54, 1.807) is 11.8 Å². The van der Waals surface area contributed by atoms with Crippen LogP contribution in [0.3, 0.4) is 0 Å². The van der Waals surface area contributed by atoms with Crippen molar-refractivity contribution < 1.29 is 4.79 Å². The van der Waals surface area contributed by atoms with Crippen molar-refractivity contribution in [1.29, 1.82) is 0 Å². The quantitative estimate of drug-likeness (QED) is 0.824. The molecule has 0 aromatic heterocycles. The summed E-state index contributed by atoms with van der Waals surface area (Å²) in [5.41, 5.74) is 1.07. The number of anilines is 1. The maximum Gasteiger partial charge on any atom is 0.156 e. The Morgan fingerprint density at radius 1 is 1.55 bits per heavy atom. The van der Waals surface area contributed by atoms with Crippen LogP contribution in [0.2, 0.25) is 0 Å². The van der Waals surface area contributed by atoms with E-state index in [9.17, 15) is 4.79 Å². The predicted octanol–water partition coefficient (Wildman–Crippen LogP) is 3.45. The summed E-state index contributed by atoms with van der Waals surface area (Å²) in [4.78, 5) is 14.9. The van der Waals surface area contributed by atoms with Crippen molar-refractivity contribution in [3.8, 4) is 0 Å². The van der Waals surface area contributed by atoms with Gasteiger partial charge in [0.15, 0.2) is 6.29 Å². The number of carbonyl (C=O) groups is 1. The molecule has 108 valence electrons. The third-order valence-electron chi connectivity index (χ3n) is 4.38. The number of benzene rings is 1. The minimum absolute atomic E-state index is 0.368. The lowest BCUT2D eigenvalue weighted by atomic mass is 9.81. The zero-order valence-corrected chi connectivity index (χ0v) is 14.1. The molecule has 3 atom stereocenters. The zero-order chi connectivity index (χ0) is 14.3. The van der Waals surface area contributed by atoms with Crippen LogP contribution in [0.1, 0.15) is 13.3 Å². The van der Waals surface area contributed by atoms with E-state index in [-0.39, 0.29) is 0 Å². The van der Waals surface area contributed by atoms with Gasteiger partial charge in [-0.15, -0.1) is 0 Å². The predicted molar refractivity (Wildman–Crippen MR) is 87.2 cm³/mol. The van der Waals surface area contributed by atoms with Crippen molar-refractivity contribution in [2.75, 3.05) is 25.5 Å². The molecule has 1 aromatic carbocycles. The number of hydrogen-bond donors (Lipinski definition) is 1. The highest BCUT2D eigenvalue weighted by Gasteiger charge is 2.48. The third kappa shape index (κ3) is 2.40. The molecule has 3 nitrogen and oxygen atoms in total. The fourth-order valence-corrected chi connectivity index (χ4v) is 5.20. The van der Waals surface area contributed by atoms with Crippen molar-refractivity contribution >= 4 is 39.7 Å². The average Bonchev–Trinajstić information content (AvgIpc) is 2.77. The minimum Gasteiger partial charge on any atom is -0.363 e. The molecule has 2 aliphatic rings. The molecule has 1 N–H and O–H groups in total. The lowest BCUT2D eigenvalue weighted by Crippen LogP contribution is -2.50. The Balaban J connectivity index is 1.89. The second-order valence-corrected chi connectivity index (χ2v) is 8.15. The number of piperidine rings is 1. The summed E-state index contributed by atoms with van der Waals surface area (Å²) in [7, 11) is 2.15. The highest BCUT2D eigenvalue weighted by molar-refractivity contribution is 9.10. The minimum atomic E-state index is -0.496. The van der Waals surface area contributed by atoms with Gasteiger partial charge in [-0.05, 0) is 44.1 Å². The number of carbonyl (C=O) groups excluding carboxylic acids is 1. The maximum atomic E-state index is 11.9. The van der Waals surface area contributed by atoms with Gasteiger partial charge in [-0.2, -0.15) is 0 Å². The van der Waals surface area contributed by atoms with Gasteiger partial charge in [-0.1, -0.05) is 34.6 Å². The van der Waals surface area contributed by atoms with Crippen LogP contribution in [0.4, 0.5) is 5.69 Å². The summed E-state index contributed by atoms with van der Waals surface area (Å²) in [5, 5.41) is 3.50. The van der Waals surface area contributed by atoms with Crippen molar-refractivity contribution in [3.05, 3.63) is 22.7 Å². The number of nitrogens with one attached hydrogen (secondary N) is 1. The second kappa shape index (κ2) is 5.35.